The van der Waals surface area contributed by atoms with Gasteiger partial charge in [-0.1, -0.05) is 6.92 Å². The van der Waals surface area contributed by atoms with Crippen molar-refractivity contribution >= 4 is 6.09 Å². The van der Waals surface area contributed by atoms with Gasteiger partial charge >= 0.3 is 6.09 Å². The van der Waals surface area contributed by atoms with Crippen molar-refractivity contribution < 1.29 is 14.3 Å². The minimum Gasteiger partial charge on any atom is -0.444 e. The van der Waals surface area contributed by atoms with Crippen LogP contribution < -0.4 is 5.32 Å². The molecule has 23 heavy (non-hydrogen) atoms. The number of amides is 1. The minimum atomic E-state index is -0.418. The maximum absolute atomic E-state index is 12.2. The molecule has 3 atom stereocenters. The third-order valence-electron chi connectivity index (χ3n) is 4.80. The zero-order valence-corrected chi connectivity index (χ0v) is 15.3. The van der Waals surface area contributed by atoms with E-state index >= 15 is 0 Å². The molecule has 5 nitrogen and oxygen atoms in total. The number of rotatable bonds is 4. The van der Waals surface area contributed by atoms with Crippen LogP contribution >= 0.6 is 0 Å². The zero-order chi connectivity index (χ0) is 16.9. The quantitative estimate of drug-likeness (QED) is 0.862. The highest BCUT2D eigenvalue weighted by Gasteiger charge is 2.28. The molecule has 0 aromatic carbocycles. The zero-order valence-electron chi connectivity index (χ0n) is 15.3. The van der Waals surface area contributed by atoms with Crippen molar-refractivity contribution in [2.75, 3.05) is 26.2 Å². The average molecular weight is 326 g/mol. The van der Waals surface area contributed by atoms with E-state index in [9.17, 15) is 4.79 Å². The number of hydrogen-bond donors (Lipinski definition) is 1. The first-order valence-corrected chi connectivity index (χ1v) is 9.22. The molecule has 0 radical (unpaired) electrons. The van der Waals surface area contributed by atoms with Crippen LogP contribution in [0, 0.1) is 5.92 Å². The van der Waals surface area contributed by atoms with E-state index in [2.05, 4.69) is 12.2 Å². The number of nitrogens with one attached hydrogen (secondary N) is 1. The summed E-state index contributed by atoms with van der Waals surface area (Å²) in [5.41, 5.74) is -0.418. The molecular weight excluding hydrogens is 292 g/mol. The summed E-state index contributed by atoms with van der Waals surface area (Å²) in [6.07, 6.45) is 5.69. The molecule has 2 rings (SSSR count). The van der Waals surface area contributed by atoms with Crippen LogP contribution in [0.5, 0.6) is 0 Å². The Morgan fingerprint density at radius 3 is 2.74 bits per heavy atom. The summed E-state index contributed by atoms with van der Waals surface area (Å²) in [4.78, 5) is 14.1. The standard InChI is InChI=1S/C18H34N2O3/c1-5-16-14(9-12-22-16)13-19-15-7-6-10-20(11-8-15)17(21)23-18(2,3)4/h14-16,19H,5-13H2,1-4H3. The minimum absolute atomic E-state index is 0.173. The summed E-state index contributed by atoms with van der Waals surface area (Å²) in [5.74, 6) is 0.644. The molecule has 1 amide bonds. The summed E-state index contributed by atoms with van der Waals surface area (Å²) in [5, 5.41) is 3.72. The van der Waals surface area contributed by atoms with Gasteiger partial charge in [-0.15, -0.1) is 0 Å². The maximum Gasteiger partial charge on any atom is 0.410 e. The molecule has 0 bridgehead atoms. The summed E-state index contributed by atoms with van der Waals surface area (Å²) in [7, 11) is 0. The van der Waals surface area contributed by atoms with Crippen LogP contribution in [-0.2, 0) is 9.47 Å². The van der Waals surface area contributed by atoms with Crippen LogP contribution in [-0.4, -0.2) is 55.0 Å². The van der Waals surface area contributed by atoms with E-state index in [1.807, 2.05) is 25.7 Å². The van der Waals surface area contributed by atoms with Crippen LogP contribution in [0.2, 0.25) is 0 Å². The Morgan fingerprint density at radius 1 is 1.26 bits per heavy atom. The summed E-state index contributed by atoms with van der Waals surface area (Å²) in [6.45, 7) is 11.5. The van der Waals surface area contributed by atoms with Crippen molar-refractivity contribution in [2.45, 2.75) is 77.5 Å². The van der Waals surface area contributed by atoms with Gasteiger partial charge in [0.2, 0.25) is 0 Å². The highest BCUT2D eigenvalue weighted by molar-refractivity contribution is 5.68. The van der Waals surface area contributed by atoms with E-state index in [1.54, 1.807) is 0 Å². The molecule has 3 unspecified atom stereocenters. The highest BCUT2D eigenvalue weighted by atomic mass is 16.6. The molecule has 2 aliphatic rings. The van der Waals surface area contributed by atoms with Crippen molar-refractivity contribution in [2.24, 2.45) is 5.92 Å². The Bertz CT molecular complexity index is 381. The van der Waals surface area contributed by atoms with E-state index in [0.29, 0.717) is 18.1 Å². The predicted octanol–water partition coefficient (Wildman–Crippen LogP) is 3.18. The molecule has 1 N–H and O–H groups in total. The molecular formula is C18H34N2O3. The van der Waals surface area contributed by atoms with Gasteiger partial charge in [0.1, 0.15) is 5.60 Å². The molecule has 2 saturated heterocycles. The second kappa shape index (κ2) is 8.34. The number of nitrogens with zero attached hydrogens (tertiary/aromatic N) is 1. The molecule has 0 saturated carbocycles. The van der Waals surface area contributed by atoms with Gasteiger partial charge in [-0.2, -0.15) is 0 Å². The Hall–Kier alpha value is -0.810. The SMILES string of the molecule is CCC1OCCC1CNC1CCCN(C(=O)OC(C)(C)C)CC1. The molecule has 2 aliphatic heterocycles. The summed E-state index contributed by atoms with van der Waals surface area (Å²) < 4.78 is 11.3. The number of likely N-dealkylation sites (tertiary alicyclic amines) is 1. The Kier molecular flexibility index (Phi) is 6.72. The van der Waals surface area contributed by atoms with Gasteiger partial charge in [-0.05, 0) is 58.8 Å². The maximum atomic E-state index is 12.2. The van der Waals surface area contributed by atoms with Gasteiger partial charge in [0.25, 0.3) is 0 Å². The molecule has 2 fully saturated rings. The van der Waals surface area contributed by atoms with Crippen molar-refractivity contribution in [3.05, 3.63) is 0 Å². The van der Waals surface area contributed by atoms with E-state index in [0.717, 1.165) is 51.9 Å². The fraction of sp³-hybridized carbons (Fsp3) is 0.944. The van der Waals surface area contributed by atoms with Crippen LogP contribution in [0.1, 0.15) is 59.8 Å². The van der Waals surface area contributed by atoms with E-state index in [4.69, 9.17) is 9.47 Å². The number of hydrogen-bond acceptors (Lipinski definition) is 4. The fourth-order valence-corrected chi connectivity index (χ4v) is 3.51. The van der Waals surface area contributed by atoms with Crippen LogP contribution in [0.25, 0.3) is 0 Å². The molecule has 134 valence electrons. The molecule has 0 spiro atoms. The average Bonchev–Trinajstić information content (AvgIpc) is 2.79. The van der Waals surface area contributed by atoms with Crippen molar-refractivity contribution in [1.82, 2.24) is 10.2 Å². The van der Waals surface area contributed by atoms with Gasteiger partial charge in [0, 0.05) is 32.3 Å². The van der Waals surface area contributed by atoms with Gasteiger partial charge in [0.05, 0.1) is 6.10 Å². The van der Waals surface area contributed by atoms with Crippen molar-refractivity contribution in [1.29, 1.82) is 0 Å². The summed E-state index contributed by atoms with van der Waals surface area (Å²) >= 11 is 0. The predicted molar refractivity (Wildman–Crippen MR) is 91.6 cm³/mol. The monoisotopic (exact) mass is 326 g/mol. The van der Waals surface area contributed by atoms with Gasteiger partial charge in [-0.25, -0.2) is 4.79 Å². The van der Waals surface area contributed by atoms with E-state index < -0.39 is 5.60 Å². The van der Waals surface area contributed by atoms with E-state index in [1.165, 1.54) is 6.42 Å². The lowest BCUT2D eigenvalue weighted by molar-refractivity contribution is 0.0256. The van der Waals surface area contributed by atoms with Gasteiger partial charge < -0.3 is 19.7 Å². The third-order valence-corrected chi connectivity index (χ3v) is 4.80. The largest absolute Gasteiger partial charge is 0.444 e. The van der Waals surface area contributed by atoms with Crippen LogP contribution in [0.15, 0.2) is 0 Å². The lowest BCUT2D eigenvalue weighted by Gasteiger charge is -2.26. The third kappa shape index (κ3) is 5.96. The number of ether oxygens (including phenoxy) is 2. The van der Waals surface area contributed by atoms with E-state index in [-0.39, 0.29) is 6.09 Å². The normalized spacial score (nSPS) is 29.4. The Balaban J connectivity index is 1.74. The van der Waals surface area contributed by atoms with Crippen LogP contribution in [0.4, 0.5) is 4.79 Å². The molecule has 0 aromatic rings. The topological polar surface area (TPSA) is 50.8 Å². The lowest BCUT2D eigenvalue weighted by Crippen LogP contribution is -2.39. The first kappa shape index (κ1) is 18.5. The highest BCUT2D eigenvalue weighted by Crippen LogP contribution is 2.23. The second-order valence-electron chi connectivity index (χ2n) is 7.87. The summed E-state index contributed by atoms with van der Waals surface area (Å²) in [6, 6.07) is 0.501. The van der Waals surface area contributed by atoms with Gasteiger partial charge in [0.15, 0.2) is 0 Å². The lowest BCUT2D eigenvalue weighted by atomic mass is 9.98. The molecule has 2 heterocycles. The molecule has 0 aromatic heterocycles. The molecule has 0 aliphatic carbocycles. The first-order valence-electron chi connectivity index (χ1n) is 9.22. The van der Waals surface area contributed by atoms with Crippen LogP contribution in [0.3, 0.4) is 0 Å². The molecule has 5 heteroatoms. The fourth-order valence-electron chi connectivity index (χ4n) is 3.51. The first-order chi connectivity index (χ1) is 10.9. The number of carbonyl (C=O) groups excluding carboxylic acids is 1. The smallest absolute Gasteiger partial charge is 0.410 e. The van der Waals surface area contributed by atoms with Gasteiger partial charge in [-0.3, -0.25) is 0 Å². The van der Waals surface area contributed by atoms with Crippen molar-refractivity contribution in [3.63, 3.8) is 0 Å². The van der Waals surface area contributed by atoms with Crippen molar-refractivity contribution in [3.8, 4) is 0 Å². The Morgan fingerprint density at radius 2 is 2.04 bits per heavy atom. The Labute approximate surface area is 141 Å². The second-order valence-corrected chi connectivity index (χ2v) is 7.87. The number of carbonyl (C=O) groups is 1.